The number of fused-ring (bicyclic) bond motifs is 1. The monoisotopic (exact) mass is 362 g/mol. The van der Waals surface area contributed by atoms with E-state index in [-0.39, 0.29) is 0 Å². The molecule has 0 nitrogen and oxygen atoms in total. The van der Waals surface area contributed by atoms with Crippen LogP contribution >= 0.6 is 0 Å². The first-order valence-corrected chi connectivity index (χ1v) is 12.0. The quantitative estimate of drug-likeness (QED) is 0.633. The molecule has 102 valence electrons. The van der Waals surface area contributed by atoms with Crippen LogP contribution in [0, 0.1) is 0 Å². The Kier molecular flexibility index (Phi) is 6.24. The molecule has 1 heterocycles. The number of unbranched alkanes of at least 4 members (excludes halogenated alkanes) is 2. The van der Waals surface area contributed by atoms with Gasteiger partial charge in [-0.15, -0.1) is 0 Å². The molecule has 1 aliphatic heterocycles. The zero-order valence-corrected chi connectivity index (χ0v) is 14.8. The van der Waals surface area contributed by atoms with Gasteiger partial charge in [-0.2, -0.15) is 0 Å². The second kappa shape index (κ2) is 7.95. The van der Waals surface area contributed by atoms with Crippen LogP contribution in [0.1, 0.15) is 51.5 Å². The Morgan fingerprint density at radius 1 is 1.00 bits per heavy atom. The molecule has 19 heavy (non-hydrogen) atoms. The van der Waals surface area contributed by atoms with E-state index in [1.54, 1.807) is 3.51 Å². The fraction of sp³-hybridized carbons (Fsp3) is 0.444. The Morgan fingerprint density at radius 2 is 1.79 bits per heavy atom. The van der Waals surface area contributed by atoms with E-state index < -0.39 is 20.2 Å². The Morgan fingerprint density at radius 3 is 2.58 bits per heavy atom. The van der Waals surface area contributed by atoms with Gasteiger partial charge in [-0.3, -0.25) is 0 Å². The van der Waals surface area contributed by atoms with Crippen molar-refractivity contribution in [2.24, 2.45) is 0 Å². The Hall–Kier alpha value is -0.482. The molecule has 0 aromatic heterocycles. The molecule has 0 spiro atoms. The van der Waals surface area contributed by atoms with E-state index in [1.807, 2.05) is 3.52 Å². The molecule has 0 saturated heterocycles. The minimum atomic E-state index is -1.44. The van der Waals surface area contributed by atoms with Gasteiger partial charge in [0.15, 0.2) is 0 Å². The number of allylic oxidation sites excluding steroid dienone is 3. The molecule has 1 aliphatic rings. The summed E-state index contributed by atoms with van der Waals surface area (Å²) in [6.45, 7) is 4.62. The van der Waals surface area contributed by atoms with Crippen molar-refractivity contribution in [3.8, 4) is 0 Å². The van der Waals surface area contributed by atoms with Gasteiger partial charge in [0.2, 0.25) is 0 Å². The molecule has 1 heteroatoms. The van der Waals surface area contributed by atoms with Crippen molar-refractivity contribution in [2.75, 3.05) is 0 Å². The maximum absolute atomic E-state index is 2.45. The van der Waals surface area contributed by atoms with Crippen LogP contribution in [-0.2, 0) is 0 Å². The SMILES string of the molecule is CCCC[C]1=CC=Cc2cccc[c]2[Sb]1[CH2]CCC. The van der Waals surface area contributed by atoms with Crippen LogP contribution in [0.15, 0.2) is 39.9 Å². The van der Waals surface area contributed by atoms with E-state index in [4.69, 9.17) is 0 Å². The first-order valence-electron chi connectivity index (χ1n) is 7.60. The summed E-state index contributed by atoms with van der Waals surface area (Å²) in [5.41, 5.74) is 1.49. The molecule has 0 N–H and O–H groups in total. The van der Waals surface area contributed by atoms with Crippen LogP contribution in [0.25, 0.3) is 6.08 Å². The number of rotatable bonds is 6. The summed E-state index contributed by atoms with van der Waals surface area (Å²) in [7, 11) is 0. The van der Waals surface area contributed by atoms with Gasteiger partial charge in [-0.25, -0.2) is 0 Å². The number of benzene rings is 1. The molecule has 0 radical (unpaired) electrons. The molecule has 1 aromatic rings. The van der Waals surface area contributed by atoms with Crippen LogP contribution < -0.4 is 3.51 Å². The van der Waals surface area contributed by atoms with Crippen molar-refractivity contribution >= 4 is 29.8 Å². The molecule has 0 unspecified atom stereocenters. The van der Waals surface area contributed by atoms with Crippen molar-refractivity contribution in [3.05, 3.63) is 45.5 Å². The van der Waals surface area contributed by atoms with Gasteiger partial charge in [-0.1, -0.05) is 0 Å². The summed E-state index contributed by atoms with van der Waals surface area (Å²) in [6, 6.07) is 9.12. The summed E-state index contributed by atoms with van der Waals surface area (Å²) in [6.07, 6.45) is 13.8. The van der Waals surface area contributed by atoms with Crippen LogP contribution in [0.5, 0.6) is 0 Å². The van der Waals surface area contributed by atoms with Gasteiger partial charge in [0.05, 0.1) is 0 Å². The van der Waals surface area contributed by atoms with E-state index in [0.29, 0.717) is 0 Å². The number of hydrogen-bond donors (Lipinski definition) is 0. The van der Waals surface area contributed by atoms with Gasteiger partial charge in [0.25, 0.3) is 0 Å². The van der Waals surface area contributed by atoms with Gasteiger partial charge in [0, 0.05) is 0 Å². The van der Waals surface area contributed by atoms with Gasteiger partial charge in [0.1, 0.15) is 0 Å². The van der Waals surface area contributed by atoms with E-state index in [9.17, 15) is 0 Å². The maximum atomic E-state index is 2.45. The average Bonchev–Trinajstić information content (AvgIpc) is 2.62. The molecule has 0 atom stereocenters. The Balaban J connectivity index is 2.28. The zero-order chi connectivity index (χ0) is 13.5. The average molecular weight is 363 g/mol. The molecular formula is C18H25Sb. The van der Waals surface area contributed by atoms with Gasteiger partial charge in [-0.05, 0) is 0 Å². The summed E-state index contributed by atoms with van der Waals surface area (Å²) >= 11 is -1.44. The summed E-state index contributed by atoms with van der Waals surface area (Å²) < 4.78 is 5.02. The third-order valence-corrected chi connectivity index (χ3v) is 11.7. The summed E-state index contributed by atoms with van der Waals surface area (Å²) in [4.78, 5) is 0. The second-order valence-corrected chi connectivity index (χ2v) is 11.9. The van der Waals surface area contributed by atoms with Crippen molar-refractivity contribution in [1.29, 1.82) is 0 Å². The fourth-order valence-corrected chi connectivity index (χ4v) is 10.8. The molecule has 0 bridgehead atoms. The van der Waals surface area contributed by atoms with Gasteiger partial charge >= 0.3 is 126 Å². The standard InChI is InChI=1S/C14H16.C4H9.Sb/c1-2-3-4-5-6-8-11-14-12-9-7-10-13-14;1-3-4-2;/h6-12H,2-4H2,1H3;1,3-4H2,2H3;. The molecular weight excluding hydrogens is 338 g/mol. The van der Waals surface area contributed by atoms with Crippen LogP contribution in [-0.4, -0.2) is 20.2 Å². The first-order chi connectivity index (χ1) is 9.36. The van der Waals surface area contributed by atoms with Crippen molar-refractivity contribution < 1.29 is 0 Å². The van der Waals surface area contributed by atoms with E-state index in [1.165, 1.54) is 42.0 Å². The predicted octanol–water partition coefficient (Wildman–Crippen LogP) is 4.87. The third kappa shape index (κ3) is 3.99. The summed E-state index contributed by atoms with van der Waals surface area (Å²) in [5, 5.41) is 0. The van der Waals surface area contributed by atoms with E-state index in [0.717, 1.165) is 0 Å². The van der Waals surface area contributed by atoms with E-state index >= 15 is 0 Å². The Bertz CT molecular complexity index is 457. The van der Waals surface area contributed by atoms with E-state index in [2.05, 4.69) is 56.3 Å². The van der Waals surface area contributed by atoms with Crippen molar-refractivity contribution in [3.63, 3.8) is 0 Å². The summed E-state index contributed by atoms with van der Waals surface area (Å²) in [5.74, 6) is 0. The molecule has 0 fully saturated rings. The molecule has 0 saturated carbocycles. The number of hydrogen-bond acceptors (Lipinski definition) is 0. The van der Waals surface area contributed by atoms with Crippen molar-refractivity contribution in [1.82, 2.24) is 0 Å². The predicted molar refractivity (Wildman–Crippen MR) is 88.2 cm³/mol. The fourth-order valence-electron chi connectivity index (χ4n) is 2.54. The van der Waals surface area contributed by atoms with Crippen LogP contribution in [0.4, 0.5) is 0 Å². The van der Waals surface area contributed by atoms with Crippen LogP contribution in [0.3, 0.4) is 0 Å². The zero-order valence-electron chi connectivity index (χ0n) is 12.2. The molecule has 0 aliphatic carbocycles. The van der Waals surface area contributed by atoms with Crippen LogP contribution in [0.2, 0.25) is 4.37 Å². The first kappa shape index (κ1) is 14.9. The Labute approximate surface area is 125 Å². The van der Waals surface area contributed by atoms with Crippen molar-refractivity contribution in [2.45, 2.75) is 50.3 Å². The molecule has 0 amide bonds. The topological polar surface area (TPSA) is 0 Å². The second-order valence-electron chi connectivity index (χ2n) is 5.18. The molecule has 1 aromatic carbocycles. The minimum absolute atomic E-state index is 1.31. The third-order valence-electron chi connectivity index (χ3n) is 3.66. The van der Waals surface area contributed by atoms with Gasteiger partial charge < -0.3 is 0 Å². The molecule has 2 rings (SSSR count). The normalized spacial score (nSPS) is 14.9.